The Balaban J connectivity index is 1.83. The second-order valence-electron chi connectivity index (χ2n) is 5.85. The highest BCUT2D eigenvalue weighted by atomic mass is 16.7. The molecule has 0 fully saturated rings. The van der Waals surface area contributed by atoms with Gasteiger partial charge in [-0.15, -0.1) is 0 Å². The van der Waals surface area contributed by atoms with Gasteiger partial charge in [-0.3, -0.25) is 9.59 Å². The van der Waals surface area contributed by atoms with Gasteiger partial charge in [0.1, 0.15) is 6.10 Å². The van der Waals surface area contributed by atoms with E-state index in [0.717, 1.165) is 0 Å². The van der Waals surface area contributed by atoms with Gasteiger partial charge in [-0.25, -0.2) is 0 Å². The number of ether oxygens (including phenoxy) is 5. The smallest absolute Gasteiger partial charge is 0.320 e. The van der Waals surface area contributed by atoms with E-state index in [1.54, 1.807) is 36.4 Å². The Morgan fingerprint density at radius 2 is 1.92 bits per heavy atom. The van der Waals surface area contributed by atoms with Crippen LogP contribution in [-0.2, 0) is 9.53 Å². The maximum Gasteiger partial charge on any atom is 0.320 e. The predicted octanol–water partition coefficient (Wildman–Crippen LogP) is 2.53. The van der Waals surface area contributed by atoms with Crippen LogP contribution in [0.4, 0.5) is 0 Å². The van der Waals surface area contributed by atoms with E-state index in [-0.39, 0.29) is 18.1 Å². The first-order chi connectivity index (χ1) is 12.6. The minimum absolute atomic E-state index is 0.125. The molecule has 26 heavy (non-hydrogen) atoms. The maximum absolute atomic E-state index is 13.0. The van der Waals surface area contributed by atoms with Crippen molar-refractivity contribution in [3.63, 3.8) is 0 Å². The molecule has 0 aromatic heterocycles. The van der Waals surface area contributed by atoms with Crippen molar-refractivity contribution in [3.05, 3.63) is 47.5 Å². The van der Waals surface area contributed by atoms with Crippen LogP contribution < -0.4 is 18.9 Å². The molecule has 0 saturated carbocycles. The fraction of sp³-hybridized carbons (Fsp3) is 0.263. The largest absolute Gasteiger partial charge is 0.493 e. The van der Waals surface area contributed by atoms with E-state index in [2.05, 4.69) is 0 Å². The molecule has 0 unspecified atom stereocenters. The Morgan fingerprint density at radius 1 is 1.12 bits per heavy atom. The molecule has 2 aromatic carbocycles. The Bertz CT molecular complexity index is 889. The monoisotopic (exact) mass is 356 g/mol. The molecule has 7 heteroatoms. The zero-order valence-electron chi connectivity index (χ0n) is 14.2. The van der Waals surface area contributed by atoms with Crippen LogP contribution in [0.1, 0.15) is 22.0 Å². The van der Waals surface area contributed by atoms with Gasteiger partial charge in [0, 0.05) is 0 Å². The van der Waals surface area contributed by atoms with E-state index in [0.29, 0.717) is 28.6 Å². The molecule has 2 atom stereocenters. The molecule has 2 aliphatic heterocycles. The zero-order valence-corrected chi connectivity index (χ0v) is 14.2. The van der Waals surface area contributed by atoms with Crippen molar-refractivity contribution in [2.75, 3.05) is 21.0 Å². The third-order valence-electron chi connectivity index (χ3n) is 4.47. The number of esters is 1. The number of hydrogen-bond acceptors (Lipinski definition) is 7. The summed E-state index contributed by atoms with van der Waals surface area (Å²) in [6.45, 7) is 0.125. The minimum Gasteiger partial charge on any atom is -0.493 e. The van der Waals surface area contributed by atoms with Crippen LogP contribution in [0.3, 0.4) is 0 Å². The van der Waals surface area contributed by atoms with Crippen molar-refractivity contribution >= 4 is 11.8 Å². The van der Waals surface area contributed by atoms with Crippen LogP contribution in [0.25, 0.3) is 0 Å². The first kappa shape index (κ1) is 16.3. The Labute approximate surface area is 149 Å². The molecule has 2 aromatic rings. The topological polar surface area (TPSA) is 80.3 Å². The number of Topliss-reactive ketones (excluding diaryl/α,β-unsaturated/α-hetero) is 1. The van der Waals surface area contributed by atoms with Crippen LogP contribution in [0, 0.1) is 5.92 Å². The number of carbonyl (C=O) groups is 2. The molecule has 2 heterocycles. The fourth-order valence-electron chi connectivity index (χ4n) is 3.20. The summed E-state index contributed by atoms with van der Waals surface area (Å²) in [5.74, 6) is -0.296. The molecule has 7 nitrogen and oxygen atoms in total. The highest BCUT2D eigenvalue weighted by Crippen LogP contribution is 2.45. The van der Waals surface area contributed by atoms with Crippen molar-refractivity contribution in [2.45, 2.75) is 6.10 Å². The summed E-state index contributed by atoms with van der Waals surface area (Å²) in [6, 6.07) is 10.1. The molecule has 0 aliphatic carbocycles. The van der Waals surface area contributed by atoms with E-state index < -0.39 is 18.0 Å². The molecule has 134 valence electrons. The van der Waals surface area contributed by atoms with Crippen molar-refractivity contribution in [1.82, 2.24) is 0 Å². The molecular weight excluding hydrogens is 340 g/mol. The lowest BCUT2D eigenvalue weighted by molar-refractivity contribution is -0.147. The van der Waals surface area contributed by atoms with Gasteiger partial charge >= 0.3 is 5.97 Å². The fourth-order valence-corrected chi connectivity index (χ4v) is 3.20. The van der Waals surface area contributed by atoms with Crippen LogP contribution in [0.15, 0.2) is 36.4 Å². The number of benzene rings is 2. The molecule has 0 bridgehead atoms. The first-order valence-electron chi connectivity index (χ1n) is 7.99. The Kier molecular flexibility index (Phi) is 3.91. The number of hydrogen-bond donors (Lipinski definition) is 0. The quantitative estimate of drug-likeness (QED) is 0.617. The average molecular weight is 356 g/mol. The van der Waals surface area contributed by atoms with Gasteiger partial charge in [-0.05, 0) is 29.8 Å². The number of ketones is 1. The number of methoxy groups -OCH3 is 2. The minimum atomic E-state index is -1.13. The van der Waals surface area contributed by atoms with Gasteiger partial charge in [-0.1, -0.05) is 12.1 Å². The van der Waals surface area contributed by atoms with E-state index >= 15 is 0 Å². The van der Waals surface area contributed by atoms with Gasteiger partial charge in [0.15, 0.2) is 34.7 Å². The molecule has 4 rings (SSSR count). The third kappa shape index (κ3) is 2.44. The highest BCUT2D eigenvalue weighted by Gasteiger charge is 2.45. The normalized spacial score (nSPS) is 20.2. The van der Waals surface area contributed by atoms with Crippen molar-refractivity contribution < 1.29 is 33.3 Å². The number of fused-ring (bicyclic) bond motifs is 2. The van der Waals surface area contributed by atoms with Crippen LogP contribution in [0.5, 0.6) is 23.0 Å². The lowest BCUT2D eigenvalue weighted by Gasteiger charge is -2.32. The Morgan fingerprint density at radius 3 is 2.69 bits per heavy atom. The average Bonchev–Trinajstić information content (AvgIpc) is 3.14. The van der Waals surface area contributed by atoms with Crippen molar-refractivity contribution in [1.29, 1.82) is 0 Å². The summed E-state index contributed by atoms with van der Waals surface area (Å²) < 4.78 is 26.9. The number of rotatable bonds is 3. The molecule has 0 N–H and O–H groups in total. The molecule has 0 saturated heterocycles. The molecule has 0 spiro atoms. The SMILES string of the molecule is COC(=O)[C@H]1C(=O)c2cccc(OC)c2O[C@@H]1c1ccc2c(c1)OCO2. The van der Waals surface area contributed by atoms with E-state index in [4.69, 9.17) is 23.7 Å². The van der Waals surface area contributed by atoms with Gasteiger partial charge in [0.25, 0.3) is 0 Å². The summed E-state index contributed by atoms with van der Waals surface area (Å²) in [7, 11) is 2.73. The highest BCUT2D eigenvalue weighted by molar-refractivity contribution is 6.12. The Hall–Kier alpha value is -3.22. The van der Waals surface area contributed by atoms with Crippen LogP contribution in [-0.4, -0.2) is 32.8 Å². The number of para-hydroxylation sites is 1. The number of carbonyl (C=O) groups excluding carboxylic acids is 2. The zero-order chi connectivity index (χ0) is 18.3. The predicted molar refractivity (Wildman–Crippen MR) is 88.8 cm³/mol. The lowest BCUT2D eigenvalue weighted by Crippen LogP contribution is -2.38. The van der Waals surface area contributed by atoms with Crippen LogP contribution in [0.2, 0.25) is 0 Å². The molecule has 0 radical (unpaired) electrons. The molecule has 0 amide bonds. The third-order valence-corrected chi connectivity index (χ3v) is 4.47. The van der Waals surface area contributed by atoms with Crippen molar-refractivity contribution in [3.8, 4) is 23.0 Å². The van der Waals surface area contributed by atoms with E-state index in [9.17, 15) is 9.59 Å². The van der Waals surface area contributed by atoms with Gasteiger partial charge in [0.2, 0.25) is 6.79 Å². The maximum atomic E-state index is 13.0. The second kappa shape index (κ2) is 6.25. The second-order valence-corrected chi connectivity index (χ2v) is 5.85. The summed E-state index contributed by atoms with van der Waals surface area (Å²) in [6.07, 6.45) is -0.867. The molecular formula is C19H16O7. The summed E-state index contributed by atoms with van der Waals surface area (Å²) in [5.41, 5.74) is 0.895. The first-order valence-corrected chi connectivity index (χ1v) is 7.99. The van der Waals surface area contributed by atoms with E-state index in [1.807, 2.05) is 0 Å². The summed E-state index contributed by atoms with van der Waals surface area (Å²) >= 11 is 0. The van der Waals surface area contributed by atoms with Crippen molar-refractivity contribution in [2.24, 2.45) is 5.92 Å². The summed E-state index contributed by atoms with van der Waals surface area (Å²) in [5, 5.41) is 0. The van der Waals surface area contributed by atoms with Crippen LogP contribution >= 0.6 is 0 Å². The lowest BCUT2D eigenvalue weighted by atomic mass is 9.85. The van der Waals surface area contributed by atoms with Gasteiger partial charge in [-0.2, -0.15) is 0 Å². The molecule has 2 aliphatic rings. The van der Waals surface area contributed by atoms with E-state index in [1.165, 1.54) is 14.2 Å². The van der Waals surface area contributed by atoms with Gasteiger partial charge < -0.3 is 23.7 Å². The van der Waals surface area contributed by atoms with Gasteiger partial charge in [0.05, 0.1) is 19.8 Å². The summed E-state index contributed by atoms with van der Waals surface area (Å²) in [4.78, 5) is 25.4. The standard InChI is InChI=1S/C19H16O7/c1-22-13-5-3-4-11-16(20)15(19(21)23-2)17(26-18(11)13)10-6-7-12-14(8-10)25-9-24-12/h3-8,15,17H,9H2,1-2H3/t15-,17+/m0/s1.